The molecule has 3 aromatic rings. The number of nitrogens with one attached hydrogen (secondary N) is 2. The number of hydrogen-bond acceptors (Lipinski definition) is 6. The molecule has 0 saturated carbocycles. The van der Waals surface area contributed by atoms with E-state index in [2.05, 4.69) is 25.1 Å². The Morgan fingerprint density at radius 3 is 2.59 bits per heavy atom. The molecule has 4 rings (SSSR count). The smallest absolute Gasteiger partial charge is 0.328 e. The van der Waals surface area contributed by atoms with Gasteiger partial charge in [0.05, 0.1) is 16.6 Å². The number of piperazine rings is 1. The Balaban J connectivity index is 1.47. The van der Waals surface area contributed by atoms with Gasteiger partial charge in [-0.05, 0) is 29.8 Å². The number of anilines is 1. The number of hydrogen-bond donors (Lipinski definition) is 2. The van der Waals surface area contributed by atoms with Crippen LogP contribution in [0.3, 0.4) is 0 Å². The van der Waals surface area contributed by atoms with Gasteiger partial charge in [0.15, 0.2) is 5.15 Å². The zero-order valence-electron chi connectivity index (χ0n) is 17.6. The first-order valence-corrected chi connectivity index (χ1v) is 10.4. The van der Waals surface area contributed by atoms with Crippen molar-refractivity contribution in [3.8, 4) is 0 Å². The van der Waals surface area contributed by atoms with Gasteiger partial charge in [-0.25, -0.2) is 14.2 Å². The van der Waals surface area contributed by atoms with Crippen molar-refractivity contribution in [3.63, 3.8) is 0 Å². The summed E-state index contributed by atoms with van der Waals surface area (Å²) in [7, 11) is 2.84. The third kappa shape index (κ3) is 4.11. The van der Waals surface area contributed by atoms with Crippen molar-refractivity contribution in [1.29, 1.82) is 0 Å². The van der Waals surface area contributed by atoms with Crippen molar-refractivity contribution < 1.29 is 9.18 Å². The molecule has 1 aliphatic rings. The van der Waals surface area contributed by atoms with Gasteiger partial charge < -0.3 is 15.2 Å². The van der Waals surface area contributed by atoms with E-state index in [9.17, 15) is 18.8 Å². The standard InChI is InChI=1S/C21H22ClFN6O3/c1-24-19(30)14-3-4-16(18(22)25-14)29-7-5-28(6-8-29)11-12-9-13(23)17-15(10-12)26-21(32)27(2)20(17)31/h3-4,9-10H,5-8,11H2,1-2H3,(H,24,30)(H,26,32). The second kappa shape index (κ2) is 8.71. The maximum atomic E-state index is 14.6. The number of halogens is 2. The normalized spacial score (nSPS) is 14.7. The summed E-state index contributed by atoms with van der Waals surface area (Å²) in [6.45, 7) is 3.21. The zero-order chi connectivity index (χ0) is 23.0. The first-order valence-electron chi connectivity index (χ1n) is 10.1. The van der Waals surface area contributed by atoms with Crippen LogP contribution in [0.15, 0.2) is 33.9 Å². The highest BCUT2D eigenvalue weighted by atomic mass is 35.5. The second-order valence-electron chi connectivity index (χ2n) is 7.64. The van der Waals surface area contributed by atoms with Crippen molar-refractivity contribution in [2.75, 3.05) is 38.1 Å². The lowest BCUT2D eigenvalue weighted by Crippen LogP contribution is -2.46. The molecule has 0 unspecified atom stereocenters. The summed E-state index contributed by atoms with van der Waals surface area (Å²) in [6.07, 6.45) is 0. The van der Waals surface area contributed by atoms with Crippen LogP contribution in [0.25, 0.3) is 10.9 Å². The van der Waals surface area contributed by atoms with Gasteiger partial charge in [-0.15, -0.1) is 0 Å². The molecule has 1 aliphatic heterocycles. The van der Waals surface area contributed by atoms with Gasteiger partial charge in [0.2, 0.25) is 0 Å². The average molecular weight is 461 g/mol. The summed E-state index contributed by atoms with van der Waals surface area (Å²) in [5, 5.41) is 2.66. The molecule has 32 heavy (non-hydrogen) atoms. The van der Waals surface area contributed by atoms with E-state index in [1.165, 1.54) is 20.2 Å². The van der Waals surface area contributed by atoms with Crippen molar-refractivity contribution >= 4 is 34.1 Å². The third-order valence-electron chi connectivity index (χ3n) is 5.62. The number of nitrogens with zero attached hydrogens (tertiary/aromatic N) is 4. The molecule has 1 saturated heterocycles. The Morgan fingerprint density at radius 1 is 1.22 bits per heavy atom. The highest BCUT2D eigenvalue weighted by Crippen LogP contribution is 2.26. The van der Waals surface area contributed by atoms with Crippen LogP contribution in [0.5, 0.6) is 0 Å². The summed E-state index contributed by atoms with van der Waals surface area (Å²) < 4.78 is 15.5. The highest BCUT2D eigenvalue weighted by molar-refractivity contribution is 6.32. The fourth-order valence-electron chi connectivity index (χ4n) is 3.85. The van der Waals surface area contributed by atoms with E-state index in [0.717, 1.165) is 10.3 Å². The Bertz CT molecular complexity index is 1310. The van der Waals surface area contributed by atoms with E-state index in [4.69, 9.17) is 11.6 Å². The van der Waals surface area contributed by atoms with E-state index >= 15 is 0 Å². The number of fused-ring (bicyclic) bond motifs is 1. The number of aromatic nitrogens is 3. The maximum Gasteiger partial charge on any atom is 0.328 e. The Morgan fingerprint density at radius 2 is 1.94 bits per heavy atom. The van der Waals surface area contributed by atoms with E-state index in [1.54, 1.807) is 18.2 Å². The molecule has 0 bridgehead atoms. The van der Waals surface area contributed by atoms with Gasteiger partial charge in [0.1, 0.15) is 11.5 Å². The number of aromatic amines is 1. The fourth-order valence-corrected chi connectivity index (χ4v) is 4.13. The van der Waals surface area contributed by atoms with Crippen LogP contribution in [0.4, 0.5) is 10.1 Å². The SMILES string of the molecule is CNC(=O)c1ccc(N2CCN(Cc3cc(F)c4c(=O)n(C)c(=O)[nH]c4c3)CC2)c(Cl)n1. The molecule has 2 N–H and O–H groups in total. The fraction of sp³-hybridized carbons (Fsp3) is 0.333. The number of carbonyl (C=O) groups is 1. The lowest BCUT2D eigenvalue weighted by Gasteiger charge is -2.36. The minimum atomic E-state index is -0.658. The zero-order valence-corrected chi connectivity index (χ0v) is 18.4. The number of pyridine rings is 1. The van der Waals surface area contributed by atoms with Crippen LogP contribution in [0.1, 0.15) is 16.1 Å². The van der Waals surface area contributed by atoms with Gasteiger partial charge in [0, 0.05) is 46.8 Å². The van der Waals surface area contributed by atoms with Crippen molar-refractivity contribution in [1.82, 2.24) is 24.8 Å². The van der Waals surface area contributed by atoms with Crippen molar-refractivity contribution in [2.24, 2.45) is 7.05 Å². The highest BCUT2D eigenvalue weighted by Gasteiger charge is 2.21. The molecule has 1 aromatic carbocycles. The van der Waals surface area contributed by atoms with E-state index < -0.39 is 17.1 Å². The van der Waals surface area contributed by atoms with Gasteiger partial charge in [0.25, 0.3) is 11.5 Å². The van der Waals surface area contributed by atoms with Crippen LogP contribution in [-0.2, 0) is 13.6 Å². The summed E-state index contributed by atoms with van der Waals surface area (Å²) in [4.78, 5) is 46.7. The maximum absolute atomic E-state index is 14.6. The Hall–Kier alpha value is -3.24. The van der Waals surface area contributed by atoms with Gasteiger partial charge >= 0.3 is 5.69 Å². The van der Waals surface area contributed by atoms with Gasteiger partial charge in [-0.1, -0.05) is 11.6 Å². The van der Waals surface area contributed by atoms with Crippen LogP contribution in [0.2, 0.25) is 5.15 Å². The minimum Gasteiger partial charge on any atom is -0.366 e. The largest absolute Gasteiger partial charge is 0.366 e. The molecule has 0 spiro atoms. The monoisotopic (exact) mass is 460 g/mol. The van der Waals surface area contributed by atoms with Gasteiger partial charge in [-0.3, -0.25) is 19.1 Å². The topological polar surface area (TPSA) is 103 Å². The van der Waals surface area contributed by atoms with E-state index in [0.29, 0.717) is 38.3 Å². The Labute approximate surface area is 187 Å². The number of carbonyl (C=O) groups excluding carboxylic acids is 1. The Kier molecular flexibility index (Phi) is 5.98. The molecule has 0 aliphatic carbocycles. The summed E-state index contributed by atoms with van der Waals surface area (Å²) >= 11 is 6.30. The first-order chi connectivity index (χ1) is 15.3. The molecule has 9 nitrogen and oxygen atoms in total. The molecule has 0 radical (unpaired) electrons. The molecule has 11 heteroatoms. The molecule has 0 atom stereocenters. The van der Waals surface area contributed by atoms with Crippen LogP contribution >= 0.6 is 11.6 Å². The predicted octanol–water partition coefficient (Wildman–Crippen LogP) is 1.10. The van der Waals surface area contributed by atoms with E-state index in [-0.39, 0.29) is 27.7 Å². The number of benzene rings is 1. The third-order valence-corrected chi connectivity index (χ3v) is 5.90. The number of rotatable bonds is 4. The van der Waals surface area contributed by atoms with Crippen LogP contribution < -0.4 is 21.5 Å². The van der Waals surface area contributed by atoms with Crippen LogP contribution in [-0.4, -0.2) is 58.6 Å². The minimum absolute atomic E-state index is 0.122. The second-order valence-corrected chi connectivity index (χ2v) is 8.00. The molecular formula is C21H22ClFN6O3. The predicted molar refractivity (Wildman–Crippen MR) is 120 cm³/mol. The lowest BCUT2D eigenvalue weighted by molar-refractivity contribution is 0.0958. The quantitative estimate of drug-likeness (QED) is 0.565. The summed E-state index contributed by atoms with van der Waals surface area (Å²) in [5.74, 6) is -0.952. The molecular weight excluding hydrogens is 439 g/mol. The molecule has 1 amide bonds. The lowest BCUT2D eigenvalue weighted by atomic mass is 10.1. The van der Waals surface area contributed by atoms with E-state index in [1.807, 2.05) is 0 Å². The number of amides is 1. The molecule has 168 valence electrons. The van der Waals surface area contributed by atoms with Crippen molar-refractivity contribution in [2.45, 2.75) is 6.54 Å². The molecule has 1 fully saturated rings. The molecule has 2 aromatic heterocycles. The van der Waals surface area contributed by atoms with Crippen LogP contribution in [0, 0.1) is 5.82 Å². The summed E-state index contributed by atoms with van der Waals surface area (Å²) in [5.41, 5.74) is 0.632. The molecule has 3 heterocycles. The van der Waals surface area contributed by atoms with Crippen molar-refractivity contribution in [3.05, 3.63) is 67.3 Å². The average Bonchev–Trinajstić information content (AvgIpc) is 2.77. The van der Waals surface area contributed by atoms with Gasteiger partial charge in [-0.2, -0.15) is 0 Å². The summed E-state index contributed by atoms with van der Waals surface area (Å²) in [6, 6.07) is 6.40. The first kappa shape index (κ1) is 22.0. The number of H-pyrrole nitrogens is 1.